The van der Waals surface area contributed by atoms with E-state index in [0.717, 1.165) is 12.0 Å². The average Bonchev–Trinajstić information content (AvgIpc) is 2.45. The maximum atomic E-state index is 3.34. The van der Waals surface area contributed by atoms with Crippen LogP contribution in [-0.4, -0.2) is 19.3 Å². The molecule has 0 aromatic rings. The fraction of sp³-hybridized carbons (Fsp3) is 1.00. The van der Waals surface area contributed by atoms with Gasteiger partial charge in [-0.15, -0.1) is 0 Å². The molecule has 54 valence electrons. The predicted octanol–water partition coefficient (Wildman–Crippen LogP) is 0.550. The van der Waals surface area contributed by atoms with E-state index in [9.17, 15) is 0 Å². The van der Waals surface area contributed by atoms with Crippen LogP contribution in [0, 0.1) is 5.92 Å². The van der Waals surface area contributed by atoms with E-state index in [2.05, 4.69) is 24.5 Å². The predicted molar refractivity (Wildman–Crippen MR) is 39.2 cm³/mol. The van der Waals surface area contributed by atoms with Crippen molar-refractivity contribution in [2.75, 3.05) is 7.05 Å². The summed E-state index contributed by atoms with van der Waals surface area (Å²) in [6.07, 6.45) is 1.90. The highest BCUT2D eigenvalue weighted by atomic mass is 15.3. The number of likely N-dealkylation sites (N-methyl/N-ethyl adjacent to an activating group) is 1. The summed E-state index contributed by atoms with van der Waals surface area (Å²) < 4.78 is 0. The van der Waals surface area contributed by atoms with Gasteiger partial charge in [-0.3, -0.25) is 5.32 Å². The molecule has 0 aromatic carbocycles. The topological polar surface area (TPSA) is 34.0 Å². The molecule has 1 unspecified atom stereocenters. The molecule has 1 aliphatic rings. The van der Waals surface area contributed by atoms with Crippen molar-refractivity contribution in [1.82, 2.24) is 10.6 Å². The lowest BCUT2D eigenvalue weighted by molar-refractivity contribution is 0.564. The first kappa shape index (κ1) is 7.03. The molecule has 0 saturated carbocycles. The zero-order valence-electron chi connectivity index (χ0n) is 6.44. The molecule has 1 heterocycles. The van der Waals surface area contributed by atoms with E-state index in [0.29, 0.717) is 6.17 Å². The highest BCUT2D eigenvalue weighted by Crippen LogP contribution is 2.16. The molecule has 0 radical (unpaired) electrons. The summed E-state index contributed by atoms with van der Waals surface area (Å²) in [7, 11) is 2.00. The van der Waals surface area contributed by atoms with Crippen LogP contribution in [-0.2, 0) is 0 Å². The van der Waals surface area contributed by atoms with E-state index in [1.807, 2.05) is 7.05 Å². The Labute approximate surface area is 57.0 Å². The Kier molecular flexibility index (Phi) is 2.09. The third-order valence-corrected chi connectivity index (χ3v) is 1.72. The van der Waals surface area contributed by atoms with E-state index in [1.54, 1.807) is 0 Å². The van der Waals surface area contributed by atoms with Crippen LogP contribution in [0.4, 0.5) is 0 Å². The van der Waals surface area contributed by atoms with Gasteiger partial charge in [0.1, 0.15) is 0 Å². The van der Waals surface area contributed by atoms with Crippen molar-refractivity contribution in [3.05, 3.63) is 0 Å². The summed E-state index contributed by atoms with van der Waals surface area (Å²) in [5, 5.41) is 6.52. The van der Waals surface area contributed by atoms with Gasteiger partial charge in [-0.2, -0.15) is 0 Å². The van der Waals surface area contributed by atoms with Gasteiger partial charge < -0.3 is 5.32 Å². The van der Waals surface area contributed by atoms with Crippen LogP contribution in [0.25, 0.3) is 0 Å². The molecular weight excluding hydrogens is 112 g/mol. The Morgan fingerprint density at radius 2 is 2.22 bits per heavy atom. The minimum Gasteiger partial charge on any atom is -0.304 e. The number of hydrogen-bond donors (Lipinski definition) is 2. The van der Waals surface area contributed by atoms with Crippen LogP contribution in [0.1, 0.15) is 20.3 Å². The van der Waals surface area contributed by atoms with Gasteiger partial charge in [0, 0.05) is 6.04 Å². The van der Waals surface area contributed by atoms with Crippen LogP contribution in [0.5, 0.6) is 0 Å². The monoisotopic (exact) mass is 128 g/mol. The molecule has 2 N–H and O–H groups in total. The third kappa shape index (κ3) is 1.95. The molecule has 2 heteroatoms. The normalized spacial score (nSPS) is 33.3. The smallest absolute Gasteiger partial charge is 0.0731 e. The van der Waals surface area contributed by atoms with Crippen molar-refractivity contribution >= 4 is 0 Å². The van der Waals surface area contributed by atoms with Crippen LogP contribution in [0.2, 0.25) is 0 Å². The summed E-state index contributed by atoms with van der Waals surface area (Å²) in [5.41, 5.74) is 0. The fourth-order valence-electron chi connectivity index (χ4n) is 1.17. The fourth-order valence-corrected chi connectivity index (χ4v) is 1.17. The molecule has 9 heavy (non-hydrogen) atoms. The van der Waals surface area contributed by atoms with Crippen molar-refractivity contribution in [2.24, 2.45) is 5.92 Å². The highest BCUT2D eigenvalue weighted by Gasteiger charge is 2.34. The van der Waals surface area contributed by atoms with Gasteiger partial charge in [0.2, 0.25) is 0 Å². The molecule has 0 bridgehead atoms. The molecule has 1 fully saturated rings. The van der Waals surface area contributed by atoms with E-state index in [4.69, 9.17) is 0 Å². The number of rotatable bonds is 3. The largest absolute Gasteiger partial charge is 0.304 e. The summed E-state index contributed by atoms with van der Waals surface area (Å²) in [5.74, 6) is 0.820. The summed E-state index contributed by atoms with van der Waals surface area (Å²) >= 11 is 0. The van der Waals surface area contributed by atoms with E-state index in [1.165, 1.54) is 6.42 Å². The first-order chi connectivity index (χ1) is 4.24. The molecule has 2 nitrogen and oxygen atoms in total. The minimum atomic E-state index is 0.604. The van der Waals surface area contributed by atoms with Crippen molar-refractivity contribution in [2.45, 2.75) is 32.5 Å². The highest BCUT2D eigenvalue weighted by molar-refractivity contribution is 4.94. The van der Waals surface area contributed by atoms with Gasteiger partial charge in [-0.1, -0.05) is 13.8 Å². The Morgan fingerprint density at radius 3 is 2.56 bits per heavy atom. The summed E-state index contributed by atoms with van der Waals surface area (Å²) in [6.45, 7) is 4.51. The van der Waals surface area contributed by atoms with Gasteiger partial charge in [-0.05, 0) is 19.4 Å². The van der Waals surface area contributed by atoms with E-state index >= 15 is 0 Å². The molecule has 2 atom stereocenters. The van der Waals surface area contributed by atoms with Crippen molar-refractivity contribution in [3.8, 4) is 0 Å². The SMILES string of the molecule is CNC1N[C@H]1CC(C)C. The zero-order chi connectivity index (χ0) is 6.85. The first-order valence-corrected chi connectivity index (χ1v) is 3.67. The zero-order valence-corrected chi connectivity index (χ0v) is 6.44. The molecule has 0 spiro atoms. The first-order valence-electron chi connectivity index (χ1n) is 3.67. The second-order valence-corrected chi connectivity index (χ2v) is 3.17. The summed E-state index contributed by atoms with van der Waals surface area (Å²) in [4.78, 5) is 0. The van der Waals surface area contributed by atoms with Crippen LogP contribution < -0.4 is 10.6 Å². The molecular formula is C7H16N2. The molecule has 1 rings (SSSR count). The maximum Gasteiger partial charge on any atom is 0.0731 e. The number of nitrogens with one attached hydrogen (secondary N) is 2. The average molecular weight is 128 g/mol. The molecule has 0 aliphatic carbocycles. The Morgan fingerprint density at radius 1 is 1.56 bits per heavy atom. The van der Waals surface area contributed by atoms with Crippen molar-refractivity contribution < 1.29 is 0 Å². The van der Waals surface area contributed by atoms with Gasteiger partial charge in [0.15, 0.2) is 0 Å². The van der Waals surface area contributed by atoms with E-state index in [-0.39, 0.29) is 0 Å². The lowest BCUT2D eigenvalue weighted by atomic mass is 10.1. The Balaban J connectivity index is 2.05. The van der Waals surface area contributed by atoms with Crippen LogP contribution in [0.15, 0.2) is 0 Å². The Hall–Kier alpha value is -0.0800. The van der Waals surface area contributed by atoms with Crippen molar-refractivity contribution in [3.63, 3.8) is 0 Å². The van der Waals surface area contributed by atoms with Crippen LogP contribution in [0.3, 0.4) is 0 Å². The van der Waals surface area contributed by atoms with Crippen molar-refractivity contribution in [1.29, 1.82) is 0 Å². The second kappa shape index (κ2) is 2.67. The lowest BCUT2D eigenvalue weighted by Gasteiger charge is -1.99. The van der Waals surface area contributed by atoms with Gasteiger partial charge in [0.05, 0.1) is 6.17 Å². The standard InChI is InChI=1S/C7H16N2/c1-5(2)4-6-7(8-3)9-6/h5-9H,4H2,1-3H3/t6-,7?/m0/s1. The Bertz CT molecular complexity index is 90.9. The van der Waals surface area contributed by atoms with Gasteiger partial charge in [-0.25, -0.2) is 0 Å². The van der Waals surface area contributed by atoms with Crippen LogP contribution >= 0.6 is 0 Å². The molecule has 0 aromatic heterocycles. The summed E-state index contributed by atoms with van der Waals surface area (Å²) in [6, 6.07) is 0.745. The van der Waals surface area contributed by atoms with Gasteiger partial charge >= 0.3 is 0 Å². The maximum absolute atomic E-state index is 3.34. The van der Waals surface area contributed by atoms with E-state index < -0.39 is 0 Å². The van der Waals surface area contributed by atoms with Gasteiger partial charge in [0.25, 0.3) is 0 Å². The third-order valence-electron chi connectivity index (χ3n) is 1.72. The molecule has 1 saturated heterocycles. The second-order valence-electron chi connectivity index (χ2n) is 3.17. The quantitative estimate of drug-likeness (QED) is 0.544. The molecule has 1 aliphatic heterocycles. The number of hydrogen-bond acceptors (Lipinski definition) is 2. The molecule has 0 amide bonds. The lowest BCUT2D eigenvalue weighted by Crippen LogP contribution is -2.15. The minimum absolute atomic E-state index is 0.604.